The second kappa shape index (κ2) is 4.69. The molecule has 0 bridgehead atoms. The Hall–Kier alpha value is -0.650. The maximum absolute atomic E-state index is 5.85. The van der Waals surface area contributed by atoms with Crippen LogP contribution < -0.4 is 5.73 Å². The first-order valence-corrected chi connectivity index (χ1v) is 6.42. The van der Waals surface area contributed by atoms with Gasteiger partial charge in [-0.2, -0.15) is 5.10 Å². The highest BCUT2D eigenvalue weighted by Gasteiger charge is 2.07. The molecular formula is C11H11Br2N3. The summed E-state index contributed by atoms with van der Waals surface area (Å²) in [5, 5.41) is 4.22. The van der Waals surface area contributed by atoms with Crippen LogP contribution in [0, 0.1) is 0 Å². The van der Waals surface area contributed by atoms with Gasteiger partial charge in [-0.05, 0) is 40.5 Å². The molecule has 0 saturated carbocycles. The summed E-state index contributed by atoms with van der Waals surface area (Å²) in [5.41, 5.74) is 7.94. The molecule has 0 aliphatic carbocycles. The Labute approximate surface area is 111 Å². The zero-order valence-electron chi connectivity index (χ0n) is 8.69. The van der Waals surface area contributed by atoms with E-state index in [4.69, 9.17) is 5.73 Å². The van der Waals surface area contributed by atoms with Gasteiger partial charge in [0, 0.05) is 16.7 Å². The lowest BCUT2D eigenvalue weighted by Crippen LogP contribution is -2.06. The van der Waals surface area contributed by atoms with Crippen LogP contribution in [0.2, 0.25) is 0 Å². The smallest absolute Gasteiger partial charge is 0.0657 e. The van der Waals surface area contributed by atoms with Gasteiger partial charge in [0.2, 0.25) is 0 Å². The molecule has 1 atom stereocenters. The third-order valence-corrected chi connectivity index (χ3v) is 3.39. The molecule has 0 aliphatic heterocycles. The van der Waals surface area contributed by atoms with E-state index in [0.717, 1.165) is 20.2 Å². The monoisotopic (exact) mass is 343 g/mol. The summed E-state index contributed by atoms with van der Waals surface area (Å²) < 4.78 is 3.77. The Morgan fingerprint density at radius 2 is 2.12 bits per heavy atom. The van der Waals surface area contributed by atoms with Crippen molar-refractivity contribution in [2.75, 3.05) is 0 Å². The SMILES string of the molecule is C[C@H](N)c1ccc(-n2cc(Br)cn2)cc1Br. The van der Waals surface area contributed by atoms with Crippen LogP contribution in [0.3, 0.4) is 0 Å². The number of halogens is 2. The summed E-state index contributed by atoms with van der Waals surface area (Å²) in [7, 11) is 0. The summed E-state index contributed by atoms with van der Waals surface area (Å²) in [6.07, 6.45) is 3.67. The van der Waals surface area contributed by atoms with E-state index in [1.165, 1.54) is 0 Å². The molecule has 0 amide bonds. The van der Waals surface area contributed by atoms with Crippen molar-refractivity contribution in [1.29, 1.82) is 0 Å². The van der Waals surface area contributed by atoms with E-state index in [-0.39, 0.29) is 6.04 Å². The van der Waals surface area contributed by atoms with Gasteiger partial charge in [-0.3, -0.25) is 0 Å². The van der Waals surface area contributed by atoms with Gasteiger partial charge in [0.1, 0.15) is 0 Å². The van der Waals surface area contributed by atoms with Crippen molar-refractivity contribution in [3.63, 3.8) is 0 Å². The van der Waals surface area contributed by atoms with E-state index in [9.17, 15) is 0 Å². The molecule has 0 radical (unpaired) electrons. The number of rotatable bonds is 2. The van der Waals surface area contributed by atoms with Gasteiger partial charge < -0.3 is 5.73 Å². The number of hydrogen-bond acceptors (Lipinski definition) is 2. The fraction of sp³-hybridized carbons (Fsp3) is 0.182. The van der Waals surface area contributed by atoms with Crippen molar-refractivity contribution in [3.8, 4) is 5.69 Å². The van der Waals surface area contributed by atoms with Crippen LogP contribution in [-0.2, 0) is 0 Å². The summed E-state index contributed by atoms with van der Waals surface area (Å²) in [4.78, 5) is 0. The maximum atomic E-state index is 5.85. The molecule has 2 N–H and O–H groups in total. The average molecular weight is 345 g/mol. The lowest BCUT2D eigenvalue weighted by Gasteiger charge is -2.10. The molecule has 84 valence electrons. The minimum Gasteiger partial charge on any atom is -0.324 e. The number of aromatic nitrogens is 2. The highest BCUT2D eigenvalue weighted by molar-refractivity contribution is 9.10. The first kappa shape index (κ1) is 11.8. The predicted octanol–water partition coefficient (Wildman–Crippen LogP) is 3.42. The Bertz CT molecular complexity index is 506. The zero-order valence-corrected chi connectivity index (χ0v) is 11.9. The first-order valence-electron chi connectivity index (χ1n) is 4.83. The Balaban J connectivity index is 2.42. The van der Waals surface area contributed by atoms with E-state index in [1.54, 1.807) is 10.9 Å². The fourth-order valence-electron chi connectivity index (χ4n) is 1.47. The van der Waals surface area contributed by atoms with Crippen molar-refractivity contribution in [2.45, 2.75) is 13.0 Å². The van der Waals surface area contributed by atoms with Crippen molar-refractivity contribution in [3.05, 3.63) is 45.1 Å². The quantitative estimate of drug-likeness (QED) is 0.907. The van der Waals surface area contributed by atoms with Crippen molar-refractivity contribution >= 4 is 31.9 Å². The van der Waals surface area contributed by atoms with Crippen molar-refractivity contribution < 1.29 is 0 Å². The van der Waals surface area contributed by atoms with E-state index >= 15 is 0 Å². The Morgan fingerprint density at radius 3 is 2.62 bits per heavy atom. The third-order valence-electron chi connectivity index (χ3n) is 2.29. The normalized spacial score (nSPS) is 12.8. The zero-order chi connectivity index (χ0) is 11.7. The molecule has 0 unspecified atom stereocenters. The molecule has 2 rings (SSSR count). The molecule has 1 aromatic heterocycles. The van der Waals surface area contributed by atoms with Crippen LogP contribution in [0.5, 0.6) is 0 Å². The minimum absolute atomic E-state index is 0.0211. The van der Waals surface area contributed by atoms with Crippen molar-refractivity contribution in [1.82, 2.24) is 9.78 Å². The molecule has 1 aromatic carbocycles. The first-order chi connectivity index (χ1) is 7.58. The number of benzene rings is 1. The standard InChI is InChI=1S/C11H11Br2N3/c1-7(14)10-3-2-9(4-11(10)13)16-6-8(12)5-15-16/h2-7H,14H2,1H3/t7-/m0/s1. The molecule has 0 fully saturated rings. The molecule has 2 aromatic rings. The van der Waals surface area contributed by atoms with E-state index in [1.807, 2.05) is 31.3 Å². The van der Waals surface area contributed by atoms with Crippen LogP contribution in [0.15, 0.2) is 39.5 Å². The van der Waals surface area contributed by atoms with Crippen LogP contribution >= 0.6 is 31.9 Å². The molecule has 0 spiro atoms. The molecule has 5 heteroatoms. The highest BCUT2D eigenvalue weighted by atomic mass is 79.9. The van der Waals surface area contributed by atoms with Gasteiger partial charge in [0.15, 0.2) is 0 Å². The third kappa shape index (κ3) is 2.36. The lowest BCUT2D eigenvalue weighted by atomic mass is 10.1. The van der Waals surface area contributed by atoms with Gasteiger partial charge >= 0.3 is 0 Å². The van der Waals surface area contributed by atoms with Gasteiger partial charge in [-0.1, -0.05) is 22.0 Å². The van der Waals surface area contributed by atoms with Gasteiger partial charge in [0.25, 0.3) is 0 Å². The Morgan fingerprint density at radius 1 is 1.38 bits per heavy atom. The number of nitrogens with zero attached hydrogens (tertiary/aromatic N) is 2. The van der Waals surface area contributed by atoms with E-state index in [2.05, 4.69) is 37.0 Å². The second-order valence-electron chi connectivity index (χ2n) is 3.60. The summed E-state index contributed by atoms with van der Waals surface area (Å²) >= 11 is 6.89. The molecule has 16 heavy (non-hydrogen) atoms. The van der Waals surface area contributed by atoms with Crippen LogP contribution in [0.1, 0.15) is 18.5 Å². The van der Waals surface area contributed by atoms with Gasteiger partial charge in [-0.15, -0.1) is 0 Å². The Kier molecular flexibility index (Phi) is 3.47. The van der Waals surface area contributed by atoms with Gasteiger partial charge in [-0.25, -0.2) is 4.68 Å². The molecule has 0 aliphatic rings. The van der Waals surface area contributed by atoms with E-state index < -0.39 is 0 Å². The molecule has 0 saturated heterocycles. The van der Waals surface area contributed by atoms with Gasteiger partial charge in [0.05, 0.1) is 16.4 Å². The number of nitrogens with two attached hydrogens (primary N) is 1. The molecular weight excluding hydrogens is 334 g/mol. The summed E-state index contributed by atoms with van der Waals surface area (Å²) in [6.45, 7) is 1.96. The van der Waals surface area contributed by atoms with Crippen LogP contribution in [-0.4, -0.2) is 9.78 Å². The second-order valence-corrected chi connectivity index (χ2v) is 5.37. The summed E-state index contributed by atoms with van der Waals surface area (Å²) in [6, 6.07) is 6.05. The molecule has 1 heterocycles. The fourth-order valence-corrected chi connectivity index (χ4v) is 2.48. The average Bonchev–Trinajstić information content (AvgIpc) is 2.64. The minimum atomic E-state index is 0.0211. The van der Waals surface area contributed by atoms with Crippen LogP contribution in [0.4, 0.5) is 0 Å². The van der Waals surface area contributed by atoms with E-state index in [0.29, 0.717) is 0 Å². The topological polar surface area (TPSA) is 43.8 Å². The molecule has 3 nitrogen and oxygen atoms in total. The highest BCUT2D eigenvalue weighted by Crippen LogP contribution is 2.25. The van der Waals surface area contributed by atoms with Crippen molar-refractivity contribution in [2.24, 2.45) is 5.73 Å². The predicted molar refractivity (Wildman–Crippen MR) is 71.6 cm³/mol. The van der Waals surface area contributed by atoms with Crippen LogP contribution in [0.25, 0.3) is 5.69 Å². The summed E-state index contributed by atoms with van der Waals surface area (Å²) in [5.74, 6) is 0. The largest absolute Gasteiger partial charge is 0.324 e. The number of hydrogen-bond donors (Lipinski definition) is 1. The lowest BCUT2D eigenvalue weighted by molar-refractivity contribution is 0.809. The maximum Gasteiger partial charge on any atom is 0.0657 e.